The fourth-order valence-electron chi connectivity index (χ4n) is 10.6. The van der Waals surface area contributed by atoms with Gasteiger partial charge in [-0.3, -0.25) is 37.3 Å². The van der Waals surface area contributed by atoms with Crippen LogP contribution in [-0.2, 0) is 65.4 Å². The Morgan fingerprint density at radius 3 is 0.957 bits per heavy atom. The van der Waals surface area contributed by atoms with E-state index in [1.807, 2.05) is 0 Å². The Morgan fingerprint density at radius 1 is 0.355 bits per heavy atom. The summed E-state index contributed by atoms with van der Waals surface area (Å²) in [5.74, 6) is 0.0926. The van der Waals surface area contributed by atoms with Crippen LogP contribution in [0, 0.1) is 17.8 Å². The lowest BCUT2D eigenvalue weighted by molar-refractivity contribution is -0.161. The molecule has 0 amide bonds. The molecule has 0 saturated heterocycles. The van der Waals surface area contributed by atoms with Gasteiger partial charge in [-0.05, 0) is 69.1 Å². The number of allylic oxidation sites excluding steroid dienone is 4. The van der Waals surface area contributed by atoms with Gasteiger partial charge in [-0.15, -0.1) is 0 Å². The van der Waals surface area contributed by atoms with Gasteiger partial charge in [0.1, 0.15) is 19.3 Å². The van der Waals surface area contributed by atoms with E-state index in [-0.39, 0.29) is 25.7 Å². The first-order valence-corrected chi connectivity index (χ1v) is 40.7. The number of hydrogen-bond acceptors (Lipinski definition) is 15. The lowest BCUT2D eigenvalue weighted by Crippen LogP contribution is -2.30. The van der Waals surface area contributed by atoms with Crippen molar-refractivity contribution in [2.45, 2.75) is 369 Å². The molecule has 0 rings (SSSR count). The lowest BCUT2D eigenvalue weighted by Gasteiger charge is -2.21. The van der Waals surface area contributed by atoms with Crippen LogP contribution in [0.25, 0.3) is 0 Å². The zero-order valence-corrected chi connectivity index (χ0v) is 62.0. The minimum atomic E-state index is -4.96. The van der Waals surface area contributed by atoms with Gasteiger partial charge in [0.2, 0.25) is 0 Å². The van der Waals surface area contributed by atoms with E-state index in [0.717, 1.165) is 133 Å². The second-order valence-electron chi connectivity index (χ2n) is 27.0. The highest BCUT2D eigenvalue weighted by Crippen LogP contribution is 2.45. The highest BCUT2D eigenvalue weighted by molar-refractivity contribution is 7.47. The second-order valence-corrected chi connectivity index (χ2v) is 29.9. The van der Waals surface area contributed by atoms with Crippen LogP contribution in [0.5, 0.6) is 0 Å². The summed E-state index contributed by atoms with van der Waals surface area (Å²) in [6.45, 7) is 11.7. The third-order valence-corrected chi connectivity index (χ3v) is 19.1. The molecule has 93 heavy (non-hydrogen) atoms. The molecule has 7 atom stereocenters. The lowest BCUT2D eigenvalue weighted by atomic mass is 10.00. The first-order chi connectivity index (χ1) is 44.8. The topological polar surface area (TPSA) is 237 Å². The van der Waals surface area contributed by atoms with Crippen molar-refractivity contribution in [3.63, 3.8) is 0 Å². The number of carbonyl (C=O) groups is 4. The zero-order valence-electron chi connectivity index (χ0n) is 60.2. The van der Waals surface area contributed by atoms with Gasteiger partial charge in [0.15, 0.2) is 12.2 Å². The number of aliphatic hydroxyl groups excluding tert-OH is 1. The maximum absolute atomic E-state index is 13.1. The maximum Gasteiger partial charge on any atom is 0.472 e. The van der Waals surface area contributed by atoms with Crippen molar-refractivity contribution in [2.75, 3.05) is 39.6 Å². The van der Waals surface area contributed by atoms with Crippen LogP contribution in [0.4, 0.5) is 0 Å². The van der Waals surface area contributed by atoms with Crippen LogP contribution in [0.3, 0.4) is 0 Å². The van der Waals surface area contributed by atoms with Crippen LogP contribution in [0.2, 0.25) is 0 Å². The largest absolute Gasteiger partial charge is 0.472 e. The molecule has 0 aliphatic rings. The maximum atomic E-state index is 13.1. The fourth-order valence-corrected chi connectivity index (χ4v) is 12.2. The van der Waals surface area contributed by atoms with Crippen LogP contribution in [0.15, 0.2) is 24.3 Å². The second kappa shape index (κ2) is 64.2. The number of carbonyl (C=O) groups excluding carboxylic acids is 4. The highest BCUT2D eigenvalue weighted by Gasteiger charge is 2.30. The van der Waals surface area contributed by atoms with Gasteiger partial charge in [-0.1, -0.05) is 297 Å². The average Bonchev–Trinajstić information content (AvgIpc) is 2.15. The third kappa shape index (κ3) is 65.3. The molecule has 0 aromatic carbocycles. The van der Waals surface area contributed by atoms with Crippen molar-refractivity contribution >= 4 is 39.5 Å². The molecule has 548 valence electrons. The van der Waals surface area contributed by atoms with E-state index < -0.39 is 97.5 Å². The van der Waals surface area contributed by atoms with Crippen molar-refractivity contribution < 1.29 is 80.2 Å². The van der Waals surface area contributed by atoms with Gasteiger partial charge < -0.3 is 33.8 Å². The minimum Gasteiger partial charge on any atom is -0.462 e. The van der Waals surface area contributed by atoms with Crippen LogP contribution in [0.1, 0.15) is 350 Å². The molecule has 0 aromatic heterocycles. The Hall–Kier alpha value is -2.46. The highest BCUT2D eigenvalue weighted by atomic mass is 31.2. The molecule has 0 saturated carbocycles. The predicted octanol–water partition coefficient (Wildman–Crippen LogP) is 21.0. The first-order valence-electron chi connectivity index (χ1n) is 37.7. The normalized spacial score (nSPS) is 14.9. The molecule has 17 nitrogen and oxygen atoms in total. The Morgan fingerprint density at radius 2 is 0.634 bits per heavy atom. The smallest absolute Gasteiger partial charge is 0.462 e. The summed E-state index contributed by atoms with van der Waals surface area (Å²) >= 11 is 0. The van der Waals surface area contributed by atoms with Gasteiger partial charge in [0.25, 0.3) is 0 Å². The van der Waals surface area contributed by atoms with E-state index in [4.69, 9.17) is 37.0 Å². The Kier molecular flexibility index (Phi) is 62.5. The SMILES string of the molecule is CCCCCC/C=C\C=C/CCCCCCCC(=O)OC[C@H](COP(=O)(O)OC[C@@H](O)COP(=O)(O)OC[C@@H](COC(=O)CCCCCCCCC(C)CC)OC(=O)CCCCCCCCC(C)CC)OC(=O)CCCCCCCCCCCCCCCCCC(C)C. The van der Waals surface area contributed by atoms with E-state index in [0.29, 0.717) is 25.7 Å². The number of rotatable bonds is 70. The number of phosphoric ester groups is 2. The fraction of sp³-hybridized carbons (Fsp3) is 0.892. The molecule has 0 aliphatic carbocycles. The summed E-state index contributed by atoms with van der Waals surface area (Å²) in [6.07, 6.45) is 52.3. The summed E-state index contributed by atoms with van der Waals surface area (Å²) in [5.41, 5.74) is 0. The Balaban J connectivity index is 5.27. The number of hydrogen-bond donors (Lipinski definition) is 3. The summed E-state index contributed by atoms with van der Waals surface area (Å²) in [6, 6.07) is 0. The van der Waals surface area contributed by atoms with Crippen LogP contribution in [-0.4, -0.2) is 96.7 Å². The molecule has 0 radical (unpaired) electrons. The van der Waals surface area contributed by atoms with Crippen molar-refractivity contribution in [3.05, 3.63) is 24.3 Å². The van der Waals surface area contributed by atoms with Gasteiger partial charge >= 0.3 is 39.5 Å². The van der Waals surface area contributed by atoms with E-state index in [2.05, 4.69) is 72.8 Å². The van der Waals surface area contributed by atoms with Crippen molar-refractivity contribution in [3.8, 4) is 0 Å². The van der Waals surface area contributed by atoms with Crippen molar-refractivity contribution in [1.82, 2.24) is 0 Å². The number of esters is 4. The van der Waals surface area contributed by atoms with E-state index in [1.165, 1.54) is 135 Å². The molecule has 0 aliphatic heterocycles. The monoisotopic (exact) mass is 1360 g/mol. The molecule has 0 fully saturated rings. The van der Waals surface area contributed by atoms with Crippen molar-refractivity contribution in [1.29, 1.82) is 0 Å². The summed E-state index contributed by atoms with van der Waals surface area (Å²) in [5, 5.41) is 10.6. The molecular formula is C74H140O17P2. The molecule has 0 aromatic rings. The number of phosphoric acid groups is 2. The van der Waals surface area contributed by atoms with E-state index in [9.17, 15) is 43.2 Å². The number of aliphatic hydroxyl groups is 1. The predicted molar refractivity (Wildman–Crippen MR) is 377 cm³/mol. The molecule has 0 heterocycles. The number of ether oxygens (including phenoxy) is 4. The van der Waals surface area contributed by atoms with Gasteiger partial charge in [0, 0.05) is 25.7 Å². The summed E-state index contributed by atoms with van der Waals surface area (Å²) in [4.78, 5) is 72.6. The minimum absolute atomic E-state index is 0.0995. The number of unbranched alkanes of at least 4 members (excludes halogenated alkanes) is 33. The summed E-state index contributed by atoms with van der Waals surface area (Å²) in [7, 11) is -9.92. The zero-order chi connectivity index (χ0) is 68.7. The molecule has 3 N–H and O–H groups in total. The van der Waals surface area contributed by atoms with E-state index in [1.54, 1.807) is 0 Å². The summed E-state index contributed by atoms with van der Waals surface area (Å²) < 4.78 is 68.3. The standard InChI is InChI=1S/C74H140O17P2/c1-8-11-12-13-14-15-16-17-19-23-26-29-32-41-48-55-71(76)84-61-69(90-73(78)57-50-43-33-30-27-24-21-18-20-22-25-28-31-38-45-52-65(4)5)63-88-92(80,81)86-59-68(75)60-87-93(82,83)89-64-70(91-74(79)58-51-44-37-35-40-47-54-67(7)10-3)62-85-72(77)56-49-42-36-34-39-46-53-66(6)9-2/h15-17,19,65-70,75H,8-14,18,20-64H2,1-7H3,(H,80,81)(H,82,83)/b16-15-,19-17-/t66?,67?,68-,69-,70-/m1/s1. The van der Waals surface area contributed by atoms with Gasteiger partial charge in [-0.2, -0.15) is 0 Å². The quantitative estimate of drug-likeness (QED) is 0.0169. The Labute approximate surface area is 567 Å². The average molecular weight is 1360 g/mol. The van der Waals surface area contributed by atoms with Gasteiger partial charge in [0.05, 0.1) is 26.4 Å². The third-order valence-electron chi connectivity index (χ3n) is 17.2. The van der Waals surface area contributed by atoms with Crippen LogP contribution < -0.4 is 0 Å². The van der Waals surface area contributed by atoms with Crippen LogP contribution >= 0.6 is 15.6 Å². The molecule has 0 bridgehead atoms. The Bertz CT molecular complexity index is 1920. The first kappa shape index (κ1) is 90.5. The van der Waals surface area contributed by atoms with Gasteiger partial charge in [-0.25, -0.2) is 9.13 Å². The molecule has 19 heteroatoms. The van der Waals surface area contributed by atoms with E-state index >= 15 is 0 Å². The molecule has 0 spiro atoms. The molecule has 4 unspecified atom stereocenters. The van der Waals surface area contributed by atoms with Crippen molar-refractivity contribution in [2.24, 2.45) is 17.8 Å². The molecular weight excluding hydrogens is 1220 g/mol.